The third-order valence-electron chi connectivity index (χ3n) is 6.51. The molecule has 30 heavy (non-hydrogen) atoms. The Kier molecular flexibility index (Phi) is 5.32. The molecule has 1 aliphatic rings. The first-order chi connectivity index (χ1) is 14.3. The van der Waals surface area contributed by atoms with Crippen molar-refractivity contribution in [3.8, 4) is 11.8 Å². The van der Waals surface area contributed by atoms with Gasteiger partial charge in [-0.15, -0.1) is 0 Å². The molecule has 0 bridgehead atoms. The van der Waals surface area contributed by atoms with Gasteiger partial charge in [-0.05, 0) is 70.1 Å². The SMILES string of the molecule is Bc1cc(C)c(-n2c(C)c(C)c3c(N4CCCC(CC#N)C4)nc(C)nc32)c(C)c1. The molecule has 5 nitrogen and oxygen atoms in total. The van der Waals surface area contributed by atoms with Gasteiger partial charge in [0.05, 0.1) is 17.1 Å². The number of aromatic nitrogens is 3. The highest BCUT2D eigenvalue weighted by molar-refractivity contribution is 6.32. The standard InChI is InChI=1S/C24H30BN5/c1-14-11-20(25)12-15(2)22(14)30-17(4)16(3)21-23(27-18(5)28-24(21)30)29-10-6-7-19(13-29)8-9-26/h11-12,19H,6-8,10,13,25H2,1-5H3. The van der Waals surface area contributed by atoms with Crippen molar-refractivity contribution in [1.29, 1.82) is 5.26 Å². The van der Waals surface area contributed by atoms with Gasteiger partial charge in [-0.1, -0.05) is 17.6 Å². The second-order valence-electron chi connectivity index (χ2n) is 8.90. The maximum Gasteiger partial charge on any atom is 0.150 e. The van der Waals surface area contributed by atoms with Crippen LogP contribution in [-0.4, -0.2) is 35.5 Å². The molecule has 1 aliphatic heterocycles. The van der Waals surface area contributed by atoms with Gasteiger partial charge in [0.1, 0.15) is 19.5 Å². The van der Waals surface area contributed by atoms with E-state index in [1.165, 1.54) is 33.5 Å². The van der Waals surface area contributed by atoms with Gasteiger partial charge in [0, 0.05) is 25.2 Å². The van der Waals surface area contributed by atoms with Gasteiger partial charge in [0.25, 0.3) is 0 Å². The Morgan fingerprint density at radius 3 is 2.50 bits per heavy atom. The van der Waals surface area contributed by atoms with Crippen LogP contribution in [0.3, 0.4) is 0 Å². The van der Waals surface area contributed by atoms with Crippen molar-refractivity contribution in [2.45, 2.75) is 53.9 Å². The molecule has 3 aromatic rings. The molecule has 0 radical (unpaired) electrons. The Labute approximate surface area is 180 Å². The van der Waals surface area contributed by atoms with Gasteiger partial charge in [-0.25, -0.2) is 9.97 Å². The predicted octanol–water partition coefficient (Wildman–Crippen LogP) is 3.35. The third-order valence-corrected chi connectivity index (χ3v) is 6.51. The topological polar surface area (TPSA) is 57.7 Å². The summed E-state index contributed by atoms with van der Waals surface area (Å²) in [6.07, 6.45) is 2.84. The molecule has 3 heterocycles. The zero-order chi connectivity index (χ0) is 21.6. The van der Waals surface area contributed by atoms with Crippen LogP contribution in [0.5, 0.6) is 0 Å². The van der Waals surface area contributed by atoms with E-state index in [-0.39, 0.29) is 0 Å². The average molecular weight is 399 g/mol. The number of piperidine rings is 1. The van der Waals surface area contributed by atoms with E-state index in [1.54, 1.807) is 0 Å². The summed E-state index contributed by atoms with van der Waals surface area (Å²) in [6, 6.07) is 6.85. The number of aryl methyl sites for hydroxylation is 4. The largest absolute Gasteiger partial charge is 0.356 e. The van der Waals surface area contributed by atoms with Gasteiger partial charge in [-0.3, -0.25) is 4.57 Å². The highest BCUT2D eigenvalue weighted by Crippen LogP contribution is 2.36. The van der Waals surface area contributed by atoms with Gasteiger partial charge in [0.15, 0.2) is 5.65 Å². The lowest BCUT2D eigenvalue weighted by atomic mass is 9.91. The van der Waals surface area contributed by atoms with Crippen molar-refractivity contribution >= 4 is 30.2 Å². The van der Waals surface area contributed by atoms with E-state index in [4.69, 9.17) is 9.97 Å². The van der Waals surface area contributed by atoms with Crippen LogP contribution in [0.2, 0.25) is 0 Å². The summed E-state index contributed by atoms with van der Waals surface area (Å²) in [7, 11) is 2.15. The third kappa shape index (κ3) is 3.37. The number of hydrogen-bond donors (Lipinski definition) is 0. The second-order valence-corrected chi connectivity index (χ2v) is 8.90. The van der Waals surface area contributed by atoms with Crippen molar-refractivity contribution in [3.63, 3.8) is 0 Å². The zero-order valence-corrected chi connectivity index (χ0v) is 19.0. The molecular weight excluding hydrogens is 369 g/mol. The molecule has 1 aromatic carbocycles. The molecule has 1 saturated heterocycles. The lowest BCUT2D eigenvalue weighted by molar-refractivity contribution is 0.420. The fourth-order valence-corrected chi connectivity index (χ4v) is 5.13. The Morgan fingerprint density at radius 1 is 1.13 bits per heavy atom. The average Bonchev–Trinajstić information content (AvgIpc) is 2.92. The quantitative estimate of drug-likeness (QED) is 0.634. The number of benzene rings is 1. The summed E-state index contributed by atoms with van der Waals surface area (Å²) in [6.45, 7) is 12.6. The maximum atomic E-state index is 9.18. The molecular formula is C24H30BN5. The zero-order valence-electron chi connectivity index (χ0n) is 19.0. The molecule has 0 aliphatic carbocycles. The summed E-state index contributed by atoms with van der Waals surface area (Å²) < 4.78 is 2.32. The first-order valence-electron chi connectivity index (χ1n) is 10.9. The van der Waals surface area contributed by atoms with Crippen LogP contribution in [0.25, 0.3) is 16.7 Å². The van der Waals surface area contributed by atoms with Crippen LogP contribution in [0.1, 0.15) is 47.5 Å². The van der Waals surface area contributed by atoms with Gasteiger partial charge in [0.2, 0.25) is 0 Å². The van der Waals surface area contributed by atoms with Crippen molar-refractivity contribution in [2.75, 3.05) is 18.0 Å². The van der Waals surface area contributed by atoms with Crippen LogP contribution in [0, 0.1) is 51.9 Å². The highest BCUT2D eigenvalue weighted by Gasteiger charge is 2.26. The highest BCUT2D eigenvalue weighted by atomic mass is 15.2. The van der Waals surface area contributed by atoms with E-state index in [0.717, 1.165) is 48.6 Å². The summed E-state index contributed by atoms with van der Waals surface area (Å²) in [5, 5.41) is 10.3. The Morgan fingerprint density at radius 2 is 1.83 bits per heavy atom. The smallest absolute Gasteiger partial charge is 0.150 e. The number of rotatable bonds is 3. The Hall–Kier alpha value is -2.81. The van der Waals surface area contributed by atoms with E-state index in [1.807, 2.05) is 6.92 Å². The molecule has 2 aromatic heterocycles. The van der Waals surface area contributed by atoms with Crippen molar-refractivity contribution in [2.24, 2.45) is 5.92 Å². The second kappa shape index (κ2) is 7.79. The van der Waals surface area contributed by atoms with Gasteiger partial charge < -0.3 is 4.90 Å². The fourth-order valence-electron chi connectivity index (χ4n) is 5.13. The molecule has 0 amide bonds. The number of fused-ring (bicyclic) bond motifs is 1. The summed E-state index contributed by atoms with van der Waals surface area (Å²) >= 11 is 0. The monoisotopic (exact) mass is 399 g/mol. The molecule has 1 unspecified atom stereocenters. The van der Waals surface area contributed by atoms with E-state index in [9.17, 15) is 5.26 Å². The Bertz CT molecular complexity index is 1150. The minimum atomic E-state index is 0.416. The number of hydrogen-bond acceptors (Lipinski definition) is 4. The van der Waals surface area contributed by atoms with Crippen LogP contribution < -0.4 is 10.4 Å². The molecule has 0 saturated carbocycles. The van der Waals surface area contributed by atoms with Crippen LogP contribution in [-0.2, 0) is 0 Å². The number of anilines is 1. The van der Waals surface area contributed by atoms with Crippen molar-refractivity contribution in [3.05, 3.63) is 40.3 Å². The number of nitriles is 1. The molecule has 6 heteroatoms. The normalized spacial score (nSPS) is 16.8. The van der Waals surface area contributed by atoms with Crippen LogP contribution in [0.4, 0.5) is 5.82 Å². The number of nitrogens with zero attached hydrogens (tertiary/aromatic N) is 5. The molecule has 1 fully saturated rings. The predicted molar refractivity (Wildman–Crippen MR) is 126 cm³/mol. The van der Waals surface area contributed by atoms with Gasteiger partial charge >= 0.3 is 0 Å². The van der Waals surface area contributed by atoms with Crippen LogP contribution >= 0.6 is 0 Å². The lowest BCUT2D eigenvalue weighted by Crippen LogP contribution is -2.36. The fraction of sp³-hybridized carbons (Fsp3) is 0.458. The Balaban J connectivity index is 1.95. The van der Waals surface area contributed by atoms with E-state index in [0.29, 0.717) is 12.3 Å². The van der Waals surface area contributed by atoms with Gasteiger partial charge in [-0.2, -0.15) is 5.26 Å². The minimum Gasteiger partial charge on any atom is -0.356 e. The van der Waals surface area contributed by atoms with E-state index < -0.39 is 0 Å². The molecule has 154 valence electrons. The van der Waals surface area contributed by atoms with E-state index in [2.05, 4.69) is 63.2 Å². The summed E-state index contributed by atoms with van der Waals surface area (Å²) in [5.74, 6) is 2.24. The maximum absolute atomic E-state index is 9.18. The first kappa shape index (κ1) is 20.5. The van der Waals surface area contributed by atoms with Crippen LogP contribution in [0.15, 0.2) is 12.1 Å². The van der Waals surface area contributed by atoms with Crippen molar-refractivity contribution < 1.29 is 0 Å². The van der Waals surface area contributed by atoms with Crippen molar-refractivity contribution in [1.82, 2.24) is 14.5 Å². The molecule has 1 atom stereocenters. The minimum absolute atomic E-state index is 0.416. The molecule has 0 N–H and O–H groups in total. The lowest BCUT2D eigenvalue weighted by Gasteiger charge is -2.33. The summed E-state index contributed by atoms with van der Waals surface area (Å²) in [5.41, 5.74) is 8.47. The molecule has 4 rings (SSSR count). The van der Waals surface area contributed by atoms with E-state index >= 15 is 0 Å². The molecule has 0 spiro atoms. The first-order valence-corrected chi connectivity index (χ1v) is 10.9. The summed E-state index contributed by atoms with van der Waals surface area (Å²) in [4.78, 5) is 12.2.